The SMILES string of the molecule is CN1CC2(CCN(C(=O)c3n[nH]c(=O)c4ccccc34)CC2)CC1C(=O)N1CCOCC1. The number of hydrogen-bond donors (Lipinski definition) is 1. The summed E-state index contributed by atoms with van der Waals surface area (Å²) in [5, 5.41) is 7.58. The lowest BCUT2D eigenvalue weighted by atomic mass is 9.76. The maximum atomic E-state index is 13.2. The van der Waals surface area contributed by atoms with E-state index in [9.17, 15) is 14.4 Å². The molecular formula is C23H29N5O4. The maximum Gasteiger partial charge on any atom is 0.274 e. The van der Waals surface area contributed by atoms with Gasteiger partial charge in [0.2, 0.25) is 5.91 Å². The van der Waals surface area contributed by atoms with Crippen LogP contribution in [-0.4, -0.2) is 95.7 Å². The molecule has 1 atom stereocenters. The molecule has 1 spiro atoms. The van der Waals surface area contributed by atoms with Gasteiger partial charge in [-0.15, -0.1) is 0 Å². The van der Waals surface area contributed by atoms with Gasteiger partial charge in [-0.3, -0.25) is 19.3 Å². The number of likely N-dealkylation sites (tertiary alicyclic amines) is 2. The largest absolute Gasteiger partial charge is 0.378 e. The second kappa shape index (κ2) is 8.29. The molecule has 1 aromatic heterocycles. The molecule has 0 saturated carbocycles. The number of H-pyrrole nitrogens is 1. The van der Waals surface area contributed by atoms with Gasteiger partial charge in [-0.25, -0.2) is 5.10 Å². The number of hydrogen-bond acceptors (Lipinski definition) is 6. The van der Waals surface area contributed by atoms with E-state index in [4.69, 9.17) is 4.74 Å². The van der Waals surface area contributed by atoms with Crippen molar-refractivity contribution in [2.75, 3.05) is 53.0 Å². The molecule has 3 fully saturated rings. The van der Waals surface area contributed by atoms with Crippen molar-refractivity contribution >= 4 is 22.6 Å². The zero-order chi connectivity index (χ0) is 22.3. The van der Waals surface area contributed by atoms with Crippen molar-refractivity contribution < 1.29 is 14.3 Å². The van der Waals surface area contributed by atoms with Crippen LogP contribution in [0.5, 0.6) is 0 Å². The van der Waals surface area contributed by atoms with Crippen LogP contribution in [0.4, 0.5) is 0 Å². The molecule has 170 valence electrons. The standard InChI is InChI=1S/C23H29N5O4/c1-26-15-23(14-18(26)21(30)28-10-12-32-13-11-28)6-8-27(9-7-23)22(31)19-16-4-2-3-5-17(16)20(29)25-24-19/h2-5,18H,6-15H2,1H3,(H,25,29). The smallest absolute Gasteiger partial charge is 0.274 e. The Labute approximate surface area is 186 Å². The average molecular weight is 440 g/mol. The molecule has 0 aliphatic carbocycles. The fraction of sp³-hybridized carbons (Fsp3) is 0.565. The highest BCUT2D eigenvalue weighted by Gasteiger charge is 2.48. The summed E-state index contributed by atoms with van der Waals surface area (Å²) in [7, 11) is 2.03. The molecule has 2 amide bonds. The minimum absolute atomic E-state index is 0.0542. The highest BCUT2D eigenvalue weighted by atomic mass is 16.5. The summed E-state index contributed by atoms with van der Waals surface area (Å²) >= 11 is 0. The molecule has 3 aliphatic rings. The Morgan fingerprint density at radius 1 is 1.06 bits per heavy atom. The number of likely N-dealkylation sites (N-methyl/N-ethyl adjacent to an activating group) is 1. The van der Waals surface area contributed by atoms with E-state index in [-0.39, 0.29) is 28.8 Å². The molecule has 4 heterocycles. The molecule has 5 rings (SSSR count). The van der Waals surface area contributed by atoms with Gasteiger partial charge in [0, 0.05) is 38.1 Å². The highest BCUT2D eigenvalue weighted by Crippen LogP contribution is 2.43. The fourth-order valence-electron chi connectivity index (χ4n) is 5.51. The number of nitrogens with one attached hydrogen (secondary N) is 1. The summed E-state index contributed by atoms with van der Waals surface area (Å²) in [6.45, 7) is 4.67. The summed E-state index contributed by atoms with van der Waals surface area (Å²) in [6, 6.07) is 6.97. The number of fused-ring (bicyclic) bond motifs is 1. The van der Waals surface area contributed by atoms with Crippen molar-refractivity contribution in [2.24, 2.45) is 5.41 Å². The number of amides is 2. The van der Waals surface area contributed by atoms with Crippen LogP contribution < -0.4 is 5.56 Å². The maximum absolute atomic E-state index is 13.2. The minimum atomic E-state index is -0.292. The van der Waals surface area contributed by atoms with Crippen LogP contribution in [0, 0.1) is 5.41 Å². The third kappa shape index (κ3) is 3.69. The highest BCUT2D eigenvalue weighted by molar-refractivity contribution is 6.04. The average Bonchev–Trinajstić information content (AvgIpc) is 3.15. The molecule has 32 heavy (non-hydrogen) atoms. The van der Waals surface area contributed by atoms with Crippen molar-refractivity contribution in [3.63, 3.8) is 0 Å². The van der Waals surface area contributed by atoms with E-state index in [1.54, 1.807) is 18.2 Å². The molecule has 0 bridgehead atoms. The van der Waals surface area contributed by atoms with Gasteiger partial charge in [0.05, 0.1) is 24.6 Å². The molecule has 3 saturated heterocycles. The van der Waals surface area contributed by atoms with E-state index in [1.165, 1.54) is 0 Å². The van der Waals surface area contributed by atoms with Crippen LogP contribution in [0.1, 0.15) is 29.8 Å². The number of carbonyl (C=O) groups is 2. The lowest BCUT2D eigenvalue weighted by molar-refractivity contribution is -0.139. The van der Waals surface area contributed by atoms with E-state index in [0.29, 0.717) is 55.9 Å². The van der Waals surface area contributed by atoms with Crippen molar-refractivity contribution in [3.05, 3.63) is 40.3 Å². The molecule has 2 aromatic rings. The van der Waals surface area contributed by atoms with Crippen LogP contribution in [0.2, 0.25) is 0 Å². The zero-order valence-electron chi connectivity index (χ0n) is 18.4. The number of nitrogens with zero attached hydrogens (tertiary/aromatic N) is 4. The molecule has 3 aliphatic heterocycles. The second-order valence-electron chi connectivity index (χ2n) is 9.31. The lowest BCUT2D eigenvalue weighted by Gasteiger charge is -2.39. The Kier molecular flexibility index (Phi) is 5.46. The third-order valence-electron chi connectivity index (χ3n) is 7.36. The number of piperidine rings is 1. The number of aromatic amines is 1. The quantitative estimate of drug-likeness (QED) is 0.740. The predicted molar refractivity (Wildman–Crippen MR) is 118 cm³/mol. The predicted octanol–water partition coefficient (Wildman–Crippen LogP) is 0.708. The summed E-state index contributed by atoms with van der Waals surface area (Å²) in [4.78, 5) is 44.3. The fourth-order valence-corrected chi connectivity index (χ4v) is 5.51. The van der Waals surface area contributed by atoms with Gasteiger partial charge in [-0.1, -0.05) is 18.2 Å². The minimum Gasteiger partial charge on any atom is -0.378 e. The normalized spacial score (nSPS) is 23.7. The molecule has 0 radical (unpaired) electrons. The molecule has 1 N–H and O–H groups in total. The second-order valence-corrected chi connectivity index (χ2v) is 9.31. The van der Waals surface area contributed by atoms with E-state index < -0.39 is 0 Å². The van der Waals surface area contributed by atoms with E-state index in [0.717, 1.165) is 25.8 Å². The Morgan fingerprint density at radius 2 is 1.75 bits per heavy atom. The zero-order valence-corrected chi connectivity index (χ0v) is 18.4. The van der Waals surface area contributed by atoms with Crippen molar-refractivity contribution in [1.29, 1.82) is 0 Å². The molecular weight excluding hydrogens is 410 g/mol. The number of ether oxygens (including phenoxy) is 1. The van der Waals surface area contributed by atoms with Crippen molar-refractivity contribution in [1.82, 2.24) is 24.9 Å². The van der Waals surface area contributed by atoms with Crippen LogP contribution in [0.15, 0.2) is 29.1 Å². The van der Waals surface area contributed by atoms with Gasteiger partial charge in [0.25, 0.3) is 11.5 Å². The van der Waals surface area contributed by atoms with Gasteiger partial charge >= 0.3 is 0 Å². The number of benzene rings is 1. The number of carbonyl (C=O) groups excluding carboxylic acids is 2. The molecule has 9 heteroatoms. The Morgan fingerprint density at radius 3 is 2.47 bits per heavy atom. The van der Waals surface area contributed by atoms with Gasteiger partial charge in [-0.2, -0.15) is 5.10 Å². The first-order valence-electron chi connectivity index (χ1n) is 11.3. The van der Waals surface area contributed by atoms with Crippen LogP contribution in [0.3, 0.4) is 0 Å². The van der Waals surface area contributed by atoms with Crippen LogP contribution in [0.25, 0.3) is 10.8 Å². The Hall–Kier alpha value is -2.78. The van der Waals surface area contributed by atoms with E-state index >= 15 is 0 Å². The van der Waals surface area contributed by atoms with E-state index in [2.05, 4.69) is 15.1 Å². The van der Waals surface area contributed by atoms with Crippen molar-refractivity contribution in [3.8, 4) is 0 Å². The number of morpholine rings is 1. The van der Waals surface area contributed by atoms with Gasteiger partial charge in [0.1, 0.15) is 0 Å². The van der Waals surface area contributed by atoms with Crippen LogP contribution in [-0.2, 0) is 9.53 Å². The van der Waals surface area contributed by atoms with Gasteiger partial charge in [-0.05, 0) is 37.8 Å². The van der Waals surface area contributed by atoms with Gasteiger partial charge in [0.15, 0.2) is 5.69 Å². The van der Waals surface area contributed by atoms with Gasteiger partial charge < -0.3 is 14.5 Å². The summed E-state index contributed by atoms with van der Waals surface area (Å²) in [5.74, 6) is 0.0506. The first-order valence-corrected chi connectivity index (χ1v) is 11.3. The van der Waals surface area contributed by atoms with Crippen molar-refractivity contribution in [2.45, 2.75) is 25.3 Å². The number of aromatic nitrogens is 2. The Balaban J connectivity index is 1.27. The summed E-state index contributed by atoms with van der Waals surface area (Å²) in [5.41, 5.74) is 0.0540. The summed E-state index contributed by atoms with van der Waals surface area (Å²) < 4.78 is 5.38. The molecule has 1 unspecified atom stereocenters. The summed E-state index contributed by atoms with van der Waals surface area (Å²) in [6.07, 6.45) is 2.55. The first kappa shape index (κ1) is 21.1. The van der Waals surface area contributed by atoms with E-state index in [1.807, 2.05) is 22.9 Å². The first-order chi connectivity index (χ1) is 15.5. The number of rotatable bonds is 2. The molecule has 1 aromatic carbocycles. The monoisotopic (exact) mass is 439 g/mol. The molecule has 9 nitrogen and oxygen atoms in total. The third-order valence-corrected chi connectivity index (χ3v) is 7.36. The van der Waals surface area contributed by atoms with Crippen LogP contribution >= 0.6 is 0 Å². The Bertz CT molecular complexity index is 1090. The lowest BCUT2D eigenvalue weighted by Crippen LogP contribution is -2.48. The topological polar surface area (TPSA) is 98.8 Å².